The van der Waals surface area contributed by atoms with Crippen molar-refractivity contribution < 1.29 is 0 Å². The zero-order valence-electron chi connectivity index (χ0n) is 8.59. The molecule has 0 heterocycles. The van der Waals surface area contributed by atoms with Crippen molar-refractivity contribution >= 4 is 6.08 Å². The summed E-state index contributed by atoms with van der Waals surface area (Å²) in [7, 11) is 0. The van der Waals surface area contributed by atoms with Crippen LogP contribution < -0.4 is 0 Å². The smallest absolute Gasteiger partial charge is 0.0195 e. The molecule has 0 saturated carbocycles. The van der Waals surface area contributed by atoms with Gasteiger partial charge in [0.2, 0.25) is 0 Å². The van der Waals surface area contributed by atoms with Crippen molar-refractivity contribution in [3.8, 4) is 0 Å². The number of allylic oxidation sites excluding steroid dienone is 2. The van der Waals surface area contributed by atoms with Crippen LogP contribution in [-0.2, 0) is 0 Å². The van der Waals surface area contributed by atoms with E-state index in [9.17, 15) is 0 Å². The van der Waals surface area contributed by atoms with Crippen molar-refractivity contribution in [3.05, 3.63) is 53.1 Å². The Balaban J connectivity index is 3.25. The lowest BCUT2D eigenvalue weighted by atomic mass is 9.98. The van der Waals surface area contributed by atoms with Crippen LogP contribution in [0.3, 0.4) is 0 Å². The first-order valence-corrected chi connectivity index (χ1v) is 4.52. The molecule has 0 radical (unpaired) electrons. The average Bonchev–Trinajstić information content (AvgIpc) is 2.12. The molecule has 0 aromatic heterocycles. The largest absolute Gasteiger partial charge is 0.0991 e. The Labute approximate surface area is 80.6 Å². The van der Waals surface area contributed by atoms with E-state index in [1.807, 2.05) is 6.08 Å². The lowest BCUT2D eigenvalue weighted by Crippen LogP contribution is -1.89. The van der Waals surface area contributed by atoms with Crippen molar-refractivity contribution in [3.63, 3.8) is 0 Å². The monoisotopic (exact) mass is 172 g/mol. The molecule has 1 aromatic rings. The summed E-state index contributed by atoms with van der Waals surface area (Å²) >= 11 is 0. The van der Waals surface area contributed by atoms with Crippen LogP contribution in [0.4, 0.5) is 0 Å². The van der Waals surface area contributed by atoms with Gasteiger partial charge in [-0.25, -0.2) is 0 Å². The molecule has 0 N–H and O–H groups in total. The maximum absolute atomic E-state index is 3.67. The third-order valence-electron chi connectivity index (χ3n) is 2.40. The van der Waals surface area contributed by atoms with E-state index >= 15 is 0 Å². The van der Waals surface area contributed by atoms with Gasteiger partial charge in [-0.3, -0.25) is 0 Å². The normalized spacial score (nSPS) is 10.7. The van der Waals surface area contributed by atoms with E-state index in [-0.39, 0.29) is 0 Å². The zero-order valence-corrected chi connectivity index (χ0v) is 8.59. The van der Waals surface area contributed by atoms with Gasteiger partial charge in [-0.2, -0.15) is 0 Å². The molecule has 0 atom stereocenters. The van der Waals surface area contributed by atoms with Crippen molar-refractivity contribution in [2.45, 2.75) is 20.8 Å². The summed E-state index contributed by atoms with van der Waals surface area (Å²) in [6.45, 7) is 10.1. The summed E-state index contributed by atoms with van der Waals surface area (Å²) in [4.78, 5) is 0. The summed E-state index contributed by atoms with van der Waals surface area (Å²) < 4.78 is 0. The number of hydrogen-bond acceptors (Lipinski definition) is 0. The lowest BCUT2D eigenvalue weighted by Gasteiger charge is -2.07. The van der Waals surface area contributed by atoms with Crippen molar-refractivity contribution in [1.82, 2.24) is 0 Å². The molecule has 0 heteroatoms. The maximum Gasteiger partial charge on any atom is -0.0195 e. The third kappa shape index (κ3) is 2.09. The fourth-order valence-corrected chi connectivity index (χ4v) is 1.39. The molecule has 0 aliphatic carbocycles. The molecule has 13 heavy (non-hydrogen) atoms. The highest BCUT2D eigenvalue weighted by Gasteiger charge is 2.00. The van der Waals surface area contributed by atoms with Crippen LogP contribution >= 0.6 is 0 Å². The Hall–Kier alpha value is -1.30. The highest BCUT2D eigenvalue weighted by molar-refractivity contribution is 5.60. The van der Waals surface area contributed by atoms with Crippen LogP contribution in [0.1, 0.15) is 22.3 Å². The van der Waals surface area contributed by atoms with Crippen LogP contribution in [0.25, 0.3) is 6.08 Å². The van der Waals surface area contributed by atoms with Gasteiger partial charge in [0.25, 0.3) is 0 Å². The summed E-state index contributed by atoms with van der Waals surface area (Å²) in [6, 6.07) is 4.32. The first kappa shape index (κ1) is 9.79. The van der Waals surface area contributed by atoms with Gasteiger partial charge in [0.05, 0.1) is 0 Å². The molecule has 0 fully saturated rings. The van der Waals surface area contributed by atoms with E-state index in [1.165, 1.54) is 22.3 Å². The van der Waals surface area contributed by atoms with E-state index in [2.05, 4.69) is 45.6 Å². The van der Waals surface area contributed by atoms with Crippen molar-refractivity contribution in [2.24, 2.45) is 0 Å². The second-order valence-electron chi connectivity index (χ2n) is 3.33. The minimum absolute atomic E-state index is 1.32. The Kier molecular flexibility index (Phi) is 3.07. The van der Waals surface area contributed by atoms with E-state index in [0.29, 0.717) is 0 Å². The Morgan fingerprint density at radius 2 is 1.69 bits per heavy atom. The molecule has 0 nitrogen and oxygen atoms in total. The average molecular weight is 172 g/mol. The first-order chi connectivity index (χ1) is 6.16. The van der Waals surface area contributed by atoms with Gasteiger partial charge in [-0.1, -0.05) is 36.9 Å². The molecule has 68 valence electrons. The Morgan fingerprint density at radius 1 is 1.08 bits per heavy atom. The Bertz CT molecular complexity index is 343. The molecule has 0 unspecified atom stereocenters. The number of aryl methyl sites for hydroxylation is 2. The highest BCUT2D eigenvalue weighted by Crippen LogP contribution is 2.18. The molecule has 0 aliphatic rings. The molecule has 0 spiro atoms. The van der Waals surface area contributed by atoms with Gasteiger partial charge < -0.3 is 0 Å². The summed E-state index contributed by atoms with van der Waals surface area (Å²) in [6.07, 6.45) is 5.90. The molecule has 0 aliphatic heterocycles. The predicted molar refractivity (Wildman–Crippen MR) is 59.9 cm³/mol. The fraction of sp³-hybridized carbons (Fsp3) is 0.231. The van der Waals surface area contributed by atoms with Crippen molar-refractivity contribution in [1.29, 1.82) is 0 Å². The quantitative estimate of drug-likeness (QED) is 0.595. The SMILES string of the molecule is C=CC=Cc1c(C)ccc(C)c1C. The minimum atomic E-state index is 1.32. The van der Waals surface area contributed by atoms with E-state index in [0.717, 1.165) is 0 Å². The van der Waals surface area contributed by atoms with Crippen molar-refractivity contribution in [2.75, 3.05) is 0 Å². The number of benzene rings is 1. The van der Waals surface area contributed by atoms with Crippen LogP contribution in [0.5, 0.6) is 0 Å². The number of hydrogen-bond donors (Lipinski definition) is 0. The van der Waals surface area contributed by atoms with Crippen LogP contribution in [0.15, 0.2) is 30.9 Å². The Morgan fingerprint density at radius 3 is 2.31 bits per heavy atom. The van der Waals surface area contributed by atoms with Crippen LogP contribution in [-0.4, -0.2) is 0 Å². The fourth-order valence-electron chi connectivity index (χ4n) is 1.39. The molecule has 1 aromatic carbocycles. The van der Waals surface area contributed by atoms with Gasteiger partial charge in [-0.15, -0.1) is 0 Å². The van der Waals surface area contributed by atoms with Crippen LogP contribution in [0.2, 0.25) is 0 Å². The topological polar surface area (TPSA) is 0 Å². The molecular weight excluding hydrogens is 156 g/mol. The molecule has 0 amide bonds. The molecule has 0 bridgehead atoms. The van der Waals surface area contributed by atoms with Gasteiger partial charge in [-0.05, 0) is 43.0 Å². The van der Waals surface area contributed by atoms with Gasteiger partial charge in [0.15, 0.2) is 0 Å². The molecule has 0 saturated heterocycles. The standard InChI is InChI=1S/C13H16/c1-5-6-7-13-11(3)9-8-10(2)12(13)4/h5-9H,1H2,2-4H3. The first-order valence-electron chi connectivity index (χ1n) is 4.52. The minimum Gasteiger partial charge on any atom is -0.0991 e. The van der Waals surface area contributed by atoms with Gasteiger partial charge in [0, 0.05) is 0 Å². The second-order valence-corrected chi connectivity index (χ2v) is 3.33. The van der Waals surface area contributed by atoms with Gasteiger partial charge >= 0.3 is 0 Å². The lowest BCUT2D eigenvalue weighted by molar-refractivity contribution is 1.28. The predicted octanol–water partition coefficient (Wildman–Crippen LogP) is 3.81. The second kappa shape index (κ2) is 4.08. The van der Waals surface area contributed by atoms with Gasteiger partial charge in [0.1, 0.15) is 0 Å². The summed E-state index contributed by atoms with van der Waals surface area (Å²) in [5.74, 6) is 0. The molecular formula is C13H16. The number of rotatable bonds is 2. The van der Waals surface area contributed by atoms with E-state index in [1.54, 1.807) is 6.08 Å². The third-order valence-corrected chi connectivity index (χ3v) is 2.40. The maximum atomic E-state index is 3.67. The molecule has 1 rings (SSSR count). The van der Waals surface area contributed by atoms with Crippen LogP contribution in [0, 0.1) is 20.8 Å². The van der Waals surface area contributed by atoms with E-state index in [4.69, 9.17) is 0 Å². The summed E-state index contributed by atoms with van der Waals surface area (Å²) in [5.41, 5.74) is 5.34. The van der Waals surface area contributed by atoms with E-state index < -0.39 is 0 Å². The summed E-state index contributed by atoms with van der Waals surface area (Å²) in [5, 5.41) is 0. The zero-order chi connectivity index (χ0) is 9.84. The highest BCUT2D eigenvalue weighted by atomic mass is 14.0.